The van der Waals surface area contributed by atoms with E-state index in [9.17, 15) is 19.2 Å². The molecule has 2 aliphatic rings. The van der Waals surface area contributed by atoms with E-state index < -0.39 is 0 Å². The molecule has 2 aromatic carbocycles. The highest BCUT2D eigenvalue weighted by molar-refractivity contribution is 7.10. The highest BCUT2D eigenvalue weighted by atomic mass is 32.1. The lowest BCUT2D eigenvalue weighted by atomic mass is 10.0. The lowest BCUT2D eigenvalue weighted by molar-refractivity contribution is -0.139. The predicted octanol–water partition coefficient (Wildman–Crippen LogP) is 4.16. The van der Waals surface area contributed by atoms with Gasteiger partial charge in [-0.3, -0.25) is 24.1 Å². The summed E-state index contributed by atoms with van der Waals surface area (Å²) in [6.07, 6.45) is 1.38. The Morgan fingerprint density at radius 1 is 0.971 bits per heavy atom. The maximum Gasteiger partial charge on any atom is 0.255 e. The molecular weight excluding hydrogens is 462 g/mol. The topological polar surface area (TPSA) is 86.8 Å². The van der Waals surface area contributed by atoms with Gasteiger partial charge in [0.15, 0.2) is 0 Å². The molecule has 0 spiro atoms. The molecule has 0 bridgehead atoms. The zero-order valence-corrected chi connectivity index (χ0v) is 20.2. The molecule has 0 aliphatic carbocycles. The molecule has 1 N–H and O–H groups in total. The number of thiophene rings is 1. The Kier molecular flexibility index (Phi) is 6.21. The second kappa shape index (κ2) is 9.46. The smallest absolute Gasteiger partial charge is 0.255 e. The number of imide groups is 1. The largest absolute Gasteiger partial charge is 0.334 e. The number of nitrogens with zero attached hydrogens (tertiary/aromatic N) is 2. The molecule has 5 rings (SSSR count). The van der Waals surface area contributed by atoms with Crippen LogP contribution in [-0.4, -0.2) is 40.0 Å². The average molecular weight is 488 g/mol. The van der Waals surface area contributed by atoms with Crippen molar-refractivity contribution in [2.24, 2.45) is 0 Å². The van der Waals surface area contributed by atoms with Crippen molar-refractivity contribution in [2.75, 3.05) is 11.9 Å². The first kappa shape index (κ1) is 23.0. The van der Waals surface area contributed by atoms with Gasteiger partial charge in [0.05, 0.1) is 6.54 Å². The Hall–Kier alpha value is -3.78. The number of nitrogens with one attached hydrogen (secondary N) is 1. The first-order valence-corrected chi connectivity index (χ1v) is 12.5. The van der Waals surface area contributed by atoms with Crippen LogP contribution in [0.15, 0.2) is 53.9 Å². The summed E-state index contributed by atoms with van der Waals surface area (Å²) in [5.41, 5.74) is 4.33. The van der Waals surface area contributed by atoms with Gasteiger partial charge in [0.25, 0.3) is 11.8 Å². The van der Waals surface area contributed by atoms with Crippen LogP contribution >= 0.6 is 11.3 Å². The van der Waals surface area contributed by atoms with E-state index in [-0.39, 0.29) is 43.0 Å². The van der Waals surface area contributed by atoms with Crippen LogP contribution in [0.4, 0.5) is 5.69 Å². The second-order valence-corrected chi connectivity index (χ2v) is 9.85. The summed E-state index contributed by atoms with van der Waals surface area (Å²) in [6, 6.07) is 14.3. The van der Waals surface area contributed by atoms with E-state index >= 15 is 0 Å². The summed E-state index contributed by atoms with van der Waals surface area (Å²) in [6.45, 7) is 3.35. The fourth-order valence-corrected chi connectivity index (χ4v) is 5.42. The van der Waals surface area contributed by atoms with Crippen LogP contribution < -0.4 is 5.32 Å². The van der Waals surface area contributed by atoms with E-state index in [4.69, 9.17) is 0 Å². The number of carbonyl (C=O) groups excluding carboxylic acids is 4. The zero-order valence-electron chi connectivity index (χ0n) is 19.4. The third-order valence-electron chi connectivity index (χ3n) is 6.62. The molecule has 1 aromatic heterocycles. The van der Waals surface area contributed by atoms with Crippen LogP contribution in [0.5, 0.6) is 0 Å². The number of fused-ring (bicyclic) bond motifs is 1. The molecule has 0 radical (unpaired) electrons. The lowest BCUT2D eigenvalue weighted by Gasteiger charge is -2.28. The van der Waals surface area contributed by atoms with E-state index in [1.807, 2.05) is 11.8 Å². The monoisotopic (exact) mass is 487 g/mol. The SMILES string of the molecule is Cc1c(NC(=O)c2ccc(CN3C(=O)CCC3=O)cc2)cccc1C(=O)N1CCc2sccc2C1. The van der Waals surface area contributed by atoms with Crippen molar-refractivity contribution in [1.29, 1.82) is 0 Å². The molecule has 2 aliphatic heterocycles. The molecule has 0 saturated carbocycles. The fourth-order valence-electron chi connectivity index (χ4n) is 4.53. The highest BCUT2D eigenvalue weighted by Crippen LogP contribution is 2.27. The Morgan fingerprint density at radius 2 is 1.71 bits per heavy atom. The van der Waals surface area contributed by atoms with Gasteiger partial charge < -0.3 is 10.2 Å². The number of benzene rings is 2. The van der Waals surface area contributed by atoms with Gasteiger partial charge in [0, 0.05) is 47.6 Å². The summed E-state index contributed by atoms with van der Waals surface area (Å²) in [4.78, 5) is 54.3. The van der Waals surface area contributed by atoms with Gasteiger partial charge in [0.2, 0.25) is 11.8 Å². The summed E-state index contributed by atoms with van der Waals surface area (Å²) >= 11 is 1.74. The normalized spacial score (nSPS) is 15.3. The number of likely N-dealkylation sites (tertiary alicyclic amines) is 1. The van der Waals surface area contributed by atoms with Crippen molar-refractivity contribution in [1.82, 2.24) is 9.80 Å². The zero-order chi connectivity index (χ0) is 24.5. The van der Waals surface area contributed by atoms with Gasteiger partial charge in [-0.2, -0.15) is 0 Å². The molecule has 4 amide bonds. The van der Waals surface area contributed by atoms with Crippen LogP contribution in [0, 0.1) is 6.92 Å². The van der Waals surface area contributed by atoms with E-state index in [0.29, 0.717) is 29.9 Å². The van der Waals surface area contributed by atoms with Crippen molar-refractivity contribution < 1.29 is 19.2 Å². The van der Waals surface area contributed by atoms with E-state index in [1.54, 1.807) is 53.8 Å². The minimum Gasteiger partial charge on any atom is -0.334 e. The molecule has 3 aromatic rings. The summed E-state index contributed by atoms with van der Waals surface area (Å²) < 4.78 is 0. The minimum atomic E-state index is -0.293. The number of carbonyl (C=O) groups is 4. The van der Waals surface area contributed by atoms with E-state index in [0.717, 1.165) is 17.5 Å². The fraction of sp³-hybridized carbons (Fsp3) is 0.259. The number of amides is 4. The van der Waals surface area contributed by atoms with Crippen LogP contribution in [0.3, 0.4) is 0 Å². The summed E-state index contributed by atoms with van der Waals surface area (Å²) in [5.74, 6) is -0.659. The van der Waals surface area contributed by atoms with Crippen LogP contribution in [-0.2, 0) is 29.1 Å². The molecule has 0 atom stereocenters. The van der Waals surface area contributed by atoms with Gasteiger partial charge in [-0.1, -0.05) is 18.2 Å². The lowest BCUT2D eigenvalue weighted by Crippen LogP contribution is -2.35. The van der Waals surface area contributed by atoms with Crippen LogP contribution in [0.1, 0.15) is 55.1 Å². The van der Waals surface area contributed by atoms with Gasteiger partial charge >= 0.3 is 0 Å². The molecular formula is C27H25N3O4S. The maximum atomic E-state index is 13.3. The average Bonchev–Trinajstić information content (AvgIpc) is 3.46. The van der Waals surface area contributed by atoms with Crippen LogP contribution in [0.25, 0.3) is 0 Å². The van der Waals surface area contributed by atoms with Crippen molar-refractivity contribution in [3.8, 4) is 0 Å². The minimum absolute atomic E-state index is 0.0363. The van der Waals surface area contributed by atoms with Crippen LogP contribution in [0.2, 0.25) is 0 Å². The van der Waals surface area contributed by atoms with Gasteiger partial charge in [-0.15, -0.1) is 11.3 Å². The Labute approximate surface area is 207 Å². The summed E-state index contributed by atoms with van der Waals surface area (Å²) in [7, 11) is 0. The third-order valence-corrected chi connectivity index (χ3v) is 7.64. The summed E-state index contributed by atoms with van der Waals surface area (Å²) in [5, 5.41) is 4.98. The van der Waals surface area contributed by atoms with Gasteiger partial charge in [0.1, 0.15) is 0 Å². The molecule has 35 heavy (non-hydrogen) atoms. The number of hydrogen-bond donors (Lipinski definition) is 1. The Morgan fingerprint density at radius 3 is 2.46 bits per heavy atom. The van der Waals surface area contributed by atoms with Crippen molar-refractivity contribution in [2.45, 2.75) is 39.3 Å². The molecule has 178 valence electrons. The number of rotatable bonds is 5. The van der Waals surface area contributed by atoms with E-state index in [2.05, 4.69) is 16.8 Å². The van der Waals surface area contributed by atoms with Gasteiger partial charge in [-0.05, 0) is 65.7 Å². The van der Waals surface area contributed by atoms with Gasteiger partial charge in [-0.25, -0.2) is 0 Å². The van der Waals surface area contributed by atoms with E-state index in [1.165, 1.54) is 15.3 Å². The third kappa shape index (κ3) is 4.61. The highest BCUT2D eigenvalue weighted by Gasteiger charge is 2.29. The number of hydrogen-bond acceptors (Lipinski definition) is 5. The standard InChI is InChI=1S/C27H25N3O4S/c1-17-21(27(34)29-13-11-23-20(16-29)12-14-35-23)3-2-4-22(17)28-26(33)19-7-5-18(6-8-19)15-30-24(31)9-10-25(30)32/h2-8,12,14H,9-11,13,15-16H2,1H3,(H,28,33). The molecule has 1 saturated heterocycles. The Balaban J connectivity index is 1.27. The maximum absolute atomic E-state index is 13.3. The van der Waals surface area contributed by atoms with Crippen molar-refractivity contribution in [3.05, 3.63) is 86.6 Å². The number of anilines is 1. The van der Waals surface area contributed by atoms with Crippen molar-refractivity contribution >= 4 is 40.7 Å². The van der Waals surface area contributed by atoms with Crippen molar-refractivity contribution in [3.63, 3.8) is 0 Å². The molecule has 1 fully saturated rings. The molecule has 0 unspecified atom stereocenters. The molecule has 3 heterocycles. The quantitative estimate of drug-likeness (QED) is 0.548. The Bertz CT molecular complexity index is 1310. The first-order valence-electron chi connectivity index (χ1n) is 11.6. The molecule has 7 nitrogen and oxygen atoms in total. The predicted molar refractivity (Wildman–Crippen MR) is 133 cm³/mol. The second-order valence-electron chi connectivity index (χ2n) is 8.85. The first-order chi connectivity index (χ1) is 16.9. The molecule has 8 heteroatoms.